The fourth-order valence-corrected chi connectivity index (χ4v) is 2.47. The second-order valence-electron chi connectivity index (χ2n) is 4.02. The van der Waals surface area contributed by atoms with Crippen molar-refractivity contribution in [1.29, 1.82) is 0 Å². The molecule has 0 aliphatic rings. The van der Waals surface area contributed by atoms with Crippen LogP contribution in [0.4, 0.5) is 0 Å². The predicted octanol–water partition coefficient (Wildman–Crippen LogP) is 1.21. The molecule has 0 bridgehead atoms. The standard InChI is InChI=1S/C9H22NO4P/c1-7(2)5-8(10)9(11)6-15(12,13-3)14-4/h7-9,11H,5-6,10H2,1-4H3/t8-,9-/m0/s1. The van der Waals surface area contributed by atoms with Crippen LogP contribution in [0.25, 0.3) is 0 Å². The van der Waals surface area contributed by atoms with Crippen LogP contribution in [-0.2, 0) is 13.6 Å². The number of hydrogen-bond acceptors (Lipinski definition) is 5. The van der Waals surface area contributed by atoms with Gasteiger partial charge in [-0.05, 0) is 12.3 Å². The molecule has 0 fully saturated rings. The van der Waals surface area contributed by atoms with E-state index in [1.165, 1.54) is 14.2 Å². The molecule has 5 nitrogen and oxygen atoms in total. The van der Waals surface area contributed by atoms with Crippen molar-refractivity contribution >= 4 is 7.60 Å². The Kier molecular flexibility index (Phi) is 6.64. The van der Waals surface area contributed by atoms with Crippen LogP contribution >= 0.6 is 7.60 Å². The van der Waals surface area contributed by atoms with E-state index in [0.717, 1.165) is 0 Å². The molecule has 2 atom stereocenters. The van der Waals surface area contributed by atoms with Crippen LogP contribution in [0.15, 0.2) is 0 Å². The highest BCUT2D eigenvalue weighted by atomic mass is 31.2. The molecule has 0 aromatic heterocycles. The molecule has 3 N–H and O–H groups in total. The zero-order chi connectivity index (χ0) is 12.1. The second kappa shape index (κ2) is 6.61. The second-order valence-corrected chi connectivity index (χ2v) is 6.34. The minimum atomic E-state index is -3.16. The summed E-state index contributed by atoms with van der Waals surface area (Å²) in [6, 6.07) is -0.399. The van der Waals surface area contributed by atoms with Gasteiger partial charge in [0.1, 0.15) is 0 Å². The molecule has 0 amide bonds. The van der Waals surface area contributed by atoms with E-state index >= 15 is 0 Å². The van der Waals surface area contributed by atoms with Crippen LogP contribution in [0.2, 0.25) is 0 Å². The van der Waals surface area contributed by atoms with Crippen LogP contribution < -0.4 is 5.73 Å². The van der Waals surface area contributed by atoms with Gasteiger partial charge in [0.05, 0.1) is 12.3 Å². The maximum Gasteiger partial charge on any atom is 0.332 e. The van der Waals surface area contributed by atoms with Gasteiger partial charge >= 0.3 is 7.60 Å². The van der Waals surface area contributed by atoms with Gasteiger partial charge in [-0.2, -0.15) is 0 Å². The number of nitrogens with two attached hydrogens (primary N) is 1. The van der Waals surface area contributed by atoms with Gasteiger partial charge < -0.3 is 19.9 Å². The molecule has 15 heavy (non-hydrogen) atoms. The van der Waals surface area contributed by atoms with E-state index < -0.39 is 19.7 Å². The lowest BCUT2D eigenvalue weighted by Crippen LogP contribution is -2.38. The first-order valence-electron chi connectivity index (χ1n) is 4.98. The van der Waals surface area contributed by atoms with Crippen LogP contribution in [0, 0.1) is 5.92 Å². The number of hydrogen-bond donors (Lipinski definition) is 2. The fraction of sp³-hybridized carbons (Fsp3) is 1.00. The molecule has 92 valence electrons. The smallest absolute Gasteiger partial charge is 0.332 e. The van der Waals surface area contributed by atoms with Crippen molar-refractivity contribution in [3.63, 3.8) is 0 Å². The topological polar surface area (TPSA) is 81.8 Å². The van der Waals surface area contributed by atoms with E-state index in [4.69, 9.17) is 14.8 Å². The van der Waals surface area contributed by atoms with E-state index in [1.807, 2.05) is 13.8 Å². The van der Waals surface area contributed by atoms with Gasteiger partial charge in [0.2, 0.25) is 0 Å². The molecule has 0 rings (SSSR count). The third kappa shape index (κ3) is 5.64. The number of aliphatic hydroxyl groups is 1. The maximum atomic E-state index is 11.7. The lowest BCUT2D eigenvalue weighted by molar-refractivity contribution is 0.144. The first-order valence-corrected chi connectivity index (χ1v) is 6.71. The fourth-order valence-electron chi connectivity index (χ4n) is 1.29. The average molecular weight is 239 g/mol. The summed E-state index contributed by atoms with van der Waals surface area (Å²) in [6.07, 6.45) is -0.249. The number of aliphatic hydroxyl groups excluding tert-OH is 1. The van der Waals surface area contributed by atoms with Gasteiger partial charge in [-0.3, -0.25) is 4.57 Å². The molecular formula is C9H22NO4P. The monoisotopic (exact) mass is 239 g/mol. The molecule has 0 unspecified atom stereocenters. The Morgan fingerprint density at radius 3 is 2.13 bits per heavy atom. The highest BCUT2D eigenvalue weighted by Gasteiger charge is 2.29. The molecule has 0 saturated carbocycles. The molecule has 0 saturated heterocycles. The summed E-state index contributed by atoms with van der Waals surface area (Å²) in [6.45, 7) is 4.03. The quantitative estimate of drug-likeness (QED) is 0.652. The van der Waals surface area contributed by atoms with E-state index in [0.29, 0.717) is 12.3 Å². The zero-order valence-electron chi connectivity index (χ0n) is 9.84. The summed E-state index contributed by atoms with van der Waals surface area (Å²) in [7, 11) is -0.571. The first kappa shape index (κ1) is 15.1. The Labute approximate surface area is 91.5 Å². The molecule has 0 aromatic rings. The Hall–Kier alpha value is 0.0700. The van der Waals surface area contributed by atoms with E-state index in [9.17, 15) is 9.67 Å². The summed E-state index contributed by atoms with van der Waals surface area (Å²) < 4.78 is 21.2. The van der Waals surface area contributed by atoms with Gasteiger partial charge in [-0.25, -0.2) is 0 Å². The van der Waals surface area contributed by atoms with E-state index in [-0.39, 0.29) is 6.16 Å². The predicted molar refractivity (Wildman–Crippen MR) is 59.9 cm³/mol. The highest BCUT2D eigenvalue weighted by Crippen LogP contribution is 2.47. The maximum absolute atomic E-state index is 11.7. The lowest BCUT2D eigenvalue weighted by Gasteiger charge is -2.23. The molecule has 0 aliphatic heterocycles. The minimum Gasteiger partial charge on any atom is -0.391 e. The van der Waals surface area contributed by atoms with Crippen molar-refractivity contribution in [2.24, 2.45) is 11.7 Å². The Morgan fingerprint density at radius 1 is 1.33 bits per heavy atom. The molecule has 0 heterocycles. The van der Waals surface area contributed by atoms with Gasteiger partial charge in [-0.15, -0.1) is 0 Å². The summed E-state index contributed by atoms with van der Waals surface area (Å²) in [5.74, 6) is 0.388. The summed E-state index contributed by atoms with van der Waals surface area (Å²) in [5.41, 5.74) is 5.75. The van der Waals surface area contributed by atoms with E-state index in [1.54, 1.807) is 0 Å². The van der Waals surface area contributed by atoms with Gasteiger partial charge in [0, 0.05) is 20.3 Å². The van der Waals surface area contributed by atoms with E-state index in [2.05, 4.69) is 0 Å². The normalized spacial score (nSPS) is 16.7. The van der Waals surface area contributed by atoms with Crippen molar-refractivity contribution < 1.29 is 18.7 Å². The molecule has 0 radical (unpaired) electrons. The van der Waals surface area contributed by atoms with Crippen molar-refractivity contribution in [3.05, 3.63) is 0 Å². The van der Waals surface area contributed by atoms with Gasteiger partial charge in [-0.1, -0.05) is 13.8 Å². The van der Waals surface area contributed by atoms with Crippen molar-refractivity contribution in [2.45, 2.75) is 32.4 Å². The Morgan fingerprint density at radius 2 is 1.80 bits per heavy atom. The SMILES string of the molecule is COP(=O)(C[C@H](O)[C@@H](N)CC(C)C)OC. The van der Waals surface area contributed by atoms with Gasteiger partial charge in [0.25, 0.3) is 0 Å². The third-order valence-corrected chi connectivity index (χ3v) is 4.14. The number of rotatable bonds is 7. The Bertz CT molecular complexity index is 214. The van der Waals surface area contributed by atoms with Crippen LogP contribution in [-0.4, -0.2) is 37.6 Å². The average Bonchev–Trinajstić information content (AvgIpc) is 2.16. The molecule has 0 aromatic carbocycles. The van der Waals surface area contributed by atoms with Crippen LogP contribution in [0.1, 0.15) is 20.3 Å². The highest BCUT2D eigenvalue weighted by molar-refractivity contribution is 7.53. The largest absolute Gasteiger partial charge is 0.391 e. The summed E-state index contributed by atoms with van der Waals surface area (Å²) >= 11 is 0. The zero-order valence-corrected chi connectivity index (χ0v) is 10.7. The van der Waals surface area contributed by atoms with Crippen molar-refractivity contribution in [1.82, 2.24) is 0 Å². The first-order chi connectivity index (χ1) is 6.84. The molecular weight excluding hydrogens is 217 g/mol. The van der Waals surface area contributed by atoms with Crippen LogP contribution in [0.5, 0.6) is 0 Å². The Balaban J connectivity index is 4.22. The van der Waals surface area contributed by atoms with Crippen molar-refractivity contribution in [3.8, 4) is 0 Å². The van der Waals surface area contributed by atoms with Gasteiger partial charge in [0.15, 0.2) is 0 Å². The van der Waals surface area contributed by atoms with Crippen molar-refractivity contribution in [2.75, 3.05) is 20.4 Å². The molecule has 0 spiro atoms. The molecule has 6 heteroatoms. The van der Waals surface area contributed by atoms with Crippen LogP contribution in [0.3, 0.4) is 0 Å². The minimum absolute atomic E-state index is 0.0616. The lowest BCUT2D eigenvalue weighted by atomic mass is 10.0. The molecule has 0 aliphatic carbocycles. The summed E-state index contributed by atoms with van der Waals surface area (Å²) in [4.78, 5) is 0. The third-order valence-electron chi connectivity index (χ3n) is 2.20. The summed E-state index contributed by atoms with van der Waals surface area (Å²) in [5, 5.41) is 9.71.